The Morgan fingerprint density at radius 1 is 1.73 bits per heavy atom. The van der Waals surface area contributed by atoms with Gasteiger partial charge in [-0.05, 0) is 25.7 Å². The van der Waals surface area contributed by atoms with Crippen LogP contribution in [0.4, 0.5) is 0 Å². The summed E-state index contributed by atoms with van der Waals surface area (Å²) < 4.78 is 5.30. The van der Waals surface area contributed by atoms with Crippen molar-refractivity contribution in [3.05, 3.63) is 0 Å². The Bertz CT molecular complexity index is 140. The normalized spacial score (nSPS) is 19.7. The van der Waals surface area contributed by atoms with Crippen molar-refractivity contribution in [1.82, 2.24) is 0 Å². The van der Waals surface area contributed by atoms with Gasteiger partial charge in [-0.15, -0.1) is 0 Å². The molecule has 1 aliphatic rings. The summed E-state index contributed by atoms with van der Waals surface area (Å²) in [5.74, 6) is -0.0699. The standard InChI is InChI=1S/C8H14O3/c1-6(4-8(9)10)11-5-7-2-3-7/h6-7H,2-5H2,1H3,(H,9,10)/t6-/m1/s1. The minimum absolute atomic E-state index is 0.118. The summed E-state index contributed by atoms with van der Waals surface area (Å²) in [4.78, 5) is 10.2. The lowest BCUT2D eigenvalue weighted by Crippen LogP contribution is -2.14. The van der Waals surface area contributed by atoms with Crippen LogP contribution in [-0.4, -0.2) is 23.8 Å². The van der Waals surface area contributed by atoms with Gasteiger partial charge in [-0.1, -0.05) is 0 Å². The minimum Gasteiger partial charge on any atom is -0.481 e. The minimum atomic E-state index is -0.784. The Morgan fingerprint density at radius 2 is 2.36 bits per heavy atom. The first-order valence-electron chi connectivity index (χ1n) is 4.02. The van der Waals surface area contributed by atoms with Gasteiger partial charge in [-0.2, -0.15) is 0 Å². The highest BCUT2D eigenvalue weighted by Crippen LogP contribution is 2.29. The molecular weight excluding hydrogens is 144 g/mol. The van der Waals surface area contributed by atoms with Crippen LogP contribution in [0.15, 0.2) is 0 Å². The van der Waals surface area contributed by atoms with Crippen LogP contribution in [0.5, 0.6) is 0 Å². The predicted octanol–water partition coefficient (Wildman–Crippen LogP) is 1.28. The summed E-state index contributed by atoms with van der Waals surface area (Å²) in [6.45, 7) is 2.55. The molecule has 0 unspecified atom stereocenters. The van der Waals surface area contributed by atoms with Crippen molar-refractivity contribution in [3.63, 3.8) is 0 Å². The smallest absolute Gasteiger partial charge is 0.305 e. The number of aliphatic carboxylic acids is 1. The fourth-order valence-electron chi connectivity index (χ4n) is 0.890. The Kier molecular flexibility index (Phi) is 2.88. The van der Waals surface area contributed by atoms with E-state index in [1.165, 1.54) is 12.8 Å². The van der Waals surface area contributed by atoms with Gasteiger partial charge in [0.05, 0.1) is 12.5 Å². The Labute approximate surface area is 66.4 Å². The molecule has 3 nitrogen and oxygen atoms in total. The number of ether oxygens (including phenoxy) is 1. The highest BCUT2D eigenvalue weighted by atomic mass is 16.5. The van der Waals surface area contributed by atoms with Crippen LogP contribution >= 0.6 is 0 Å². The molecule has 0 heterocycles. The van der Waals surface area contributed by atoms with Gasteiger partial charge in [-0.3, -0.25) is 4.79 Å². The van der Waals surface area contributed by atoms with Crippen LogP contribution in [-0.2, 0) is 9.53 Å². The number of carbonyl (C=O) groups is 1. The zero-order valence-electron chi connectivity index (χ0n) is 6.75. The lowest BCUT2D eigenvalue weighted by molar-refractivity contribution is -0.139. The summed E-state index contributed by atoms with van der Waals surface area (Å²) in [5, 5.41) is 8.38. The van der Waals surface area contributed by atoms with E-state index < -0.39 is 5.97 Å². The molecule has 0 saturated heterocycles. The average molecular weight is 158 g/mol. The first kappa shape index (κ1) is 8.53. The van der Waals surface area contributed by atoms with Gasteiger partial charge >= 0.3 is 5.97 Å². The van der Waals surface area contributed by atoms with Crippen LogP contribution in [0.3, 0.4) is 0 Å². The van der Waals surface area contributed by atoms with E-state index in [-0.39, 0.29) is 12.5 Å². The molecule has 1 aliphatic carbocycles. The molecular formula is C8H14O3. The van der Waals surface area contributed by atoms with Gasteiger partial charge in [-0.25, -0.2) is 0 Å². The van der Waals surface area contributed by atoms with Crippen molar-refractivity contribution in [2.24, 2.45) is 5.92 Å². The summed E-state index contributed by atoms with van der Waals surface area (Å²) >= 11 is 0. The molecule has 1 saturated carbocycles. The maximum absolute atomic E-state index is 10.2. The third-order valence-electron chi connectivity index (χ3n) is 1.78. The average Bonchev–Trinajstić information content (AvgIpc) is 2.63. The molecule has 1 rings (SSSR count). The molecule has 0 spiro atoms. The second-order valence-electron chi connectivity index (χ2n) is 3.19. The summed E-state index contributed by atoms with van der Waals surface area (Å²) in [6.07, 6.45) is 2.49. The van der Waals surface area contributed by atoms with Gasteiger partial charge in [0.2, 0.25) is 0 Å². The molecule has 0 amide bonds. The van der Waals surface area contributed by atoms with Gasteiger partial charge in [0.1, 0.15) is 0 Å². The third kappa shape index (κ3) is 3.98. The molecule has 1 N–H and O–H groups in total. The van der Waals surface area contributed by atoms with Crippen LogP contribution in [0.2, 0.25) is 0 Å². The molecule has 0 radical (unpaired) electrons. The quantitative estimate of drug-likeness (QED) is 0.655. The van der Waals surface area contributed by atoms with E-state index in [0.717, 1.165) is 6.61 Å². The Balaban J connectivity index is 1.99. The molecule has 1 atom stereocenters. The van der Waals surface area contributed by atoms with E-state index in [0.29, 0.717) is 5.92 Å². The highest BCUT2D eigenvalue weighted by Gasteiger charge is 2.22. The van der Waals surface area contributed by atoms with E-state index >= 15 is 0 Å². The summed E-state index contributed by atoms with van der Waals surface area (Å²) in [7, 11) is 0. The van der Waals surface area contributed by atoms with Crippen LogP contribution in [0.1, 0.15) is 26.2 Å². The first-order chi connectivity index (χ1) is 5.18. The van der Waals surface area contributed by atoms with Crippen molar-refractivity contribution in [2.75, 3.05) is 6.61 Å². The number of hydrogen-bond donors (Lipinski definition) is 1. The molecule has 64 valence electrons. The van der Waals surface area contributed by atoms with Crippen molar-refractivity contribution in [1.29, 1.82) is 0 Å². The molecule has 0 aromatic carbocycles. The third-order valence-corrected chi connectivity index (χ3v) is 1.78. The molecule has 11 heavy (non-hydrogen) atoms. The Hall–Kier alpha value is -0.570. The zero-order valence-corrected chi connectivity index (χ0v) is 6.75. The second kappa shape index (κ2) is 3.72. The molecule has 1 fully saturated rings. The molecule has 3 heteroatoms. The number of carboxylic acid groups (broad SMARTS) is 1. The summed E-state index contributed by atoms with van der Waals surface area (Å²) in [5.41, 5.74) is 0. The van der Waals surface area contributed by atoms with Crippen LogP contribution in [0, 0.1) is 5.92 Å². The largest absolute Gasteiger partial charge is 0.481 e. The molecule has 0 aromatic heterocycles. The molecule has 0 aromatic rings. The van der Waals surface area contributed by atoms with E-state index in [1.807, 2.05) is 0 Å². The predicted molar refractivity (Wildman–Crippen MR) is 40.4 cm³/mol. The van der Waals surface area contributed by atoms with Crippen molar-refractivity contribution in [2.45, 2.75) is 32.3 Å². The summed E-state index contributed by atoms with van der Waals surface area (Å²) in [6, 6.07) is 0. The van der Waals surface area contributed by atoms with E-state index in [2.05, 4.69) is 0 Å². The Morgan fingerprint density at radius 3 is 2.82 bits per heavy atom. The second-order valence-corrected chi connectivity index (χ2v) is 3.19. The van der Waals surface area contributed by atoms with Crippen molar-refractivity contribution < 1.29 is 14.6 Å². The monoisotopic (exact) mass is 158 g/mol. The lowest BCUT2D eigenvalue weighted by Gasteiger charge is -2.09. The number of carboxylic acids is 1. The van der Waals surface area contributed by atoms with E-state index in [4.69, 9.17) is 9.84 Å². The van der Waals surface area contributed by atoms with Gasteiger partial charge in [0, 0.05) is 6.61 Å². The topological polar surface area (TPSA) is 46.5 Å². The van der Waals surface area contributed by atoms with Gasteiger partial charge < -0.3 is 9.84 Å². The van der Waals surface area contributed by atoms with Crippen molar-refractivity contribution >= 4 is 5.97 Å². The van der Waals surface area contributed by atoms with Gasteiger partial charge in [0.15, 0.2) is 0 Å². The molecule has 0 bridgehead atoms. The van der Waals surface area contributed by atoms with E-state index in [9.17, 15) is 4.79 Å². The molecule has 0 aliphatic heterocycles. The lowest BCUT2D eigenvalue weighted by atomic mass is 10.3. The maximum atomic E-state index is 10.2. The van der Waals surface area contributed by atoms with Crippen LogP contribution in [0.25, 0.3) is 0 Å². The van der Waals surface area contributed by atoms with Crippen LogP contribution < -0.4 is 0 Å². The fourth-order valence-corrected chi connectivity index (χ4v) is 0.890. The SMILES string of the molecule is C[C@H](CC(=O)O)OCC1CC1. The number of hydrogen-bond acceptors (Lipinski definition) is 2. The van der Waals surface area contributed by atoms with Crippen molar-refractivity contribution in [3.8, 4) is 0 Å². The van der Waals surface area contributed by atoms with E-state index in [1.54, 1.807) is 6.92 Å². The first-order valence-corrected chi connectivity index (χ1v) is 4.02. The van der Waals surface area contributed by atoms with Gasteiger partial charge in [0.25, 0.3) is 0 Å². The fraction of sp³-hybridized carbons (Fsp3) is 0.875. The maximum Gasteiger partial charge on any atom is 0.305 e. The zero-order chi connectivity index (χ0) is 8.27. The number of rotatable bonds is 5. The highest BCUT2D eigenvalue weighted by molar-refractivity contribution is 5.67.